The lowest BCUT2D eigenvalue weighted by Crippen LogP contribution is -2.96. The largest absolute Gasteiger partial charge is 0.316 e. The van der Waals surface area contributed by atoms with Crippen LogP contribution >= 0.6 is 19.3 Å². The van der Waals surface area contributed by atoms with Crippen molar-refractivity contribution in [1.29, 1.82) is 0 Å². The van der Waals surface area contributed by atoms with Gasteiger partial charge in [0.05, 0.1) is 14.1 Å². The molecule has 0 saturated carbocycles. The van der Waals surface area contributed by atoms with E-state index in [1.165, 1.54) is 4.67 Å². The van der Waals surface area contributed by atoms with Crippen molar-refractivity contribution in [2.75, 3.05) is 14.1 Å². The molecule has 3 heteroatoms. The molecule has 0 aliphatic rings. The van der Waals surface area contributed by atoms with E-state index < -0.39 is 0 Å². The van der Waals surface area contributed by atoms with Crippen molar-refractivity contribution in [3.05, 3.63) is 0 Å². The van der Waals surface area contributed by atoms with Gasteiger partial charge in [-0.05, 0) is 11.2 Å². The Morgan fingerprint density at radius 3 is 1.80 bits per heavy atom. The topological polar surface area (TPSA) is 4.44 Å². The van der Waals surface area contributed by atoms with Crippen LogP contribution in [0.3, 0.4) is 0 Å². The van der Waals surface area contributed by atoms with Gasteiger partial charge in [-0.25, -0.2) is 0 Å². The fourth-order valence-electron chi connectivity index (χ4n) is 0. The fourth-order valence-corrected chi connectivity index (χ4v) is 0. The molecule has 0 amide bonds. The van der Waals surface area contributed by atoms with E-state index in [4.69, 9.17) is 11.2 Å². The molecule has 0 saturated heterocycles. The first-order valence-corrected chi connectivity index (χ1v) is 3.45. The van der Waals surface area contributed by atoms with Crippen LogP contribution in [0, 0.1) is 0 Å². The molecule has 0 aliphatic carbocycles. The predicted molar refractivity (Wildman–Crippen MR) is 27.0 cm³/mol. The third-order valence-electron chi connectivity index (χ3n) is 0.189. The Kier molecular flexibility index (Phi) is 3.29. The number of nitrogens with one attached hydrogen (secondary N) is 1. The molecule has 0 spiro atoms. The van der Waals surface area contributed by atoms with Gasteiger partial charge < -0.3 is 4.67 Å². The second-order valence-electron chi connectivity index (χ2n) is 1.09. The minimum absolute atomic E-state index is 0.503. The van der Waals surface area contributed by atoms with Gasteiger partial charge in [0.15, 0.2) is 8.08 Å². The van der Waals surface area contributed by atoms with Crippen LogP contribution in [-0.2, 0) is 0 Å². The molecule has 5 heavy (non-hydrogen) atoms. The molecule has 1 N–H and O–H groups in total. The SMILES string of the molecule is C[NH+](C)PCl. The zero-order valence-corrected chi connectivity index (χ0v) is 5.13. The van der Waals surface area contributed by atoms with Gasteiger partial charge in [0.25, 0.3) is 0 Å². The minimum Gasteiger partial charge on any atom is -0.316 e. The van der Waals surface area contributed by atoms with Crippen molar-refractivity contribution in [1.82, 2.24) is 0 Å². The van der Waals surface area contributed by atoms with E-state index in [2.05, 4.69) is 0 Å². The van der Waals surface area contributed by atoms with Crippen LogP contribution in [0.25, 0.3) is 0 Å². The summed E-state index contributed by atoms with van der Waals surface area (Å²) < 4.78 is 1.30. The summed E-state index contributed by atoms with van der Waals surface area (Å²) in [5.41, 5.74) is 0. The van der Waals surface area contributed by atoms with Gasteiger partial charge in [0.2, 0.25) is 0 Å². The highest BCUT2D eigenvalue weighted by atomic mass is 35.7. The van der Waals surface area contributed by atoms with Gasteiger partial charge >= 0.3 is 0 Å². The molecule has 1 nitrogen and oxygen atoms in total. The Labute approximate surface area is 38.9 Å². The average molecular weight is 113 g/mol. The third kappa shape index (κ3) is 4.68. The first-order valence-electron chi connectivity index (χ1n) is 1.44. The number of quaternary nitrogens is 1. The first-order chi connectivity index (χ1) is 2.27. The Balaban J connectivity index is 2.54. The summed E-state index contributed by atoms with van der Waals surface area (Å²) in [5.74, 6) is 0. The summed E-state index contributed by atoms with van der Waals surface area (Å²) in [4.78, 5) is 0. The summed E-state index contributed by atoms with van der Waals surface area (Å²) >= 11 is 5.33. The molecule has 0 rings (SSSR count). The average Bonchev–Trinajstić information content (AvgIpc) is 1.38. The monoisotopic (exact) mass is 112 g/mol. The van der Waals surface area contributed by atoms with Crippen LogP contribution in [0.15, 0.2) is 0 Å². The maximum absolute atomic E-state index is 5.33. The van der Waals surface area contributed by atoms with Crippen molar-refractivity contribution < 1.29 is 4.67 Å². The molecule has 0 fully saturated rings. The van der Waals surface area contributed by atoms with E-state index >= 15 is 0 Å². The van der Waals surface area contributed by atoms with Gasteiger partial charge in [0, 0.05) is 0 Å². The van der Waals surface area contributed by atoms with E-state index in [1.807, 2.05) is 14.1 Å². The zero-order valence-electron chi connectivity index (χ0n) is 3.38. The van der Waals surface area contributed by atoms with Crippen LogP contribution in [0.5, 0.6) is 0 Å². The van der Waals surface area contributed by atoms with E-state index in [-0.39, 0.29) is 0 Å². The van der Waals surface area contributed by atoms with Gasteiger partial charge in [-0.15, -0.1) is 0 Å². The summed E-state index contributed by atoms with van der Waals surface area (Å²) in [5, 5.41) is 0. The van der Waals surface area contributed by atoms with Crippen molar-refractivity contribution in [3.63, 3.8) is 0 Å². The molecule has 0 aromatic carbocycles. The number of hydrogen-bond donors (Lipinski definition) is 1. The van der Waals surface area contributed by atoms with Gasteiger partial charge in [0.1, 0.15) is 0 Å². The van der Waals surface area contributed by atoms with Crippen LogP contribution in [0.4, 0.5) is 0 Å². The second kappa shape index (κ2) is 2.89. The maximum Gasteiger partial charge on any atom is 0.186 e. The molecule has 0 bridgehead atoms. The molecule has 32 valence electrons. The second-order valence-corrected chi connectivity index (χ2v) is 2.85. The first kappa shape index (κ1) is 5.68. The summed E-state index contributed by atoms with van der Waals surface area (Å²) in [6.07, 6.45) is 0. The number of hydrogen-bond acceptors (Lipinski definition) is 0. The lowest BCUT2D eigenvalue weighted by Gasteiger charge is -1.94. The predicted octanol–water partition coefficient (Wildman–Crippen LogP) is -0.122. The minimum atomic E-state index is 0.503. The Morgan fingerprint density at radius 2 is 1.80 bits per heavy atom. The Hall–Kier alpha value is 0.680. The molecule has 1 unspecified atom stereocenters. The molecule has 0 heterocycles. The highest BCUT2D eigenvalue weighted by Gasteiger charge is 1.79. The Bertz CT molecular complexity index is 23.6. The van der Waals surface area contributed by atoms with Gasteiger partial charge in [-0.2, -0.15) is 0 Å². The van der Waals surface area contributed by atoms with E-state index in [0.717, 1.165) is 0 Å². The summed E-state index contributed by atoms with van der Waals surface area (Å²) in [7, 11) is 4.54. The standard InChI is InChI=1S/C2H7ClNP/c1-4(2)5-3/h5H,1-2H3/p+1. The number of rotatable bonds is 1. The van der Waals surface area contributed by atoms with Crippen molar-refractivity contribution in [2.45, 2.75) is 0 Å². The van der Waals surface area contributed by atoms with E-state index in [0.29, 0.717) is 8.08 Å². The molecule has 0 radical (unpaired) electrons. The normalized spacial score (nSPS) is 12.0. The summed E-state index contributed by atoms with van der Waals surface area (Å²) in [6, 6.07) is 0. The lowest BCUT2D eigenvalue weighted by atomic mass is 11.3. The quantitative estimate of drug-likeness (QED) is 0.451. The van der Waals surface area contributed by atoms with Crippen molar-refractivity contribution in [2.24, 2.45) is 0 Å². The molecule has 0 aromatic rings. The summed E-state index contributed by atoms with van der Waals surface area (Å²) in [6.45, 7) is 0. The Morgan fingerprint density at radius 1 is 1.60 bits per heavy atom. The fraction of sp³-hybridized carbons (Fsp3) is 1.00. The highest BCUT2D eigenvalue weighted by molar-refractivity contribution is 7.62. The lowest BCUT2D eigenvalue weighted by molar-refractivity contribution is -0.711. The van der Waals surface area contributed by atoms with E-state index in [1.54, 1.807) is 0 Å². The van der Waals surface area contributed by atoms with Crippen LogP contribution in [0.1, 0.15) is 0 Å². The molecule has 1 atom stereocenters. The van der Waals surface area contributed by atoms with Gasteiger partial charge in [-0.1, -0.05) is 0 Å². The highest BCUT2D eigenvalue weighted by Crippen LogP contribution is 1.97. The third-order valence-corrected chi connectivity index (χ3v) is 1.70. The van der Waals surface area contributed by atoms with Crippen LogP contribution in [0.2, 0.25) is 0 Å². The van der Waals surface area contributed by atoms with Gasteiger partial charge in [-0.3, -0.25) is 0 Å². The van der Waals surface area contributed by atoms with Crippen molar-refractivity contribution >= 4 is 19.3 Å². The van der Waals surface area contributed by atoms with E-state index in [9.17, 15) is 0 Å². The molecule has 0 aliphatic heterocycles. The zero-order chi connectivity index (χ0) is 4.28. The molecular formula is C2H8ClNP+. The molecular weight excluding hydrogens is 104 g/mol. The number of halogens is 1. The maximum atomic E-state index is 5.33. The molecule has 0 aromatic heterocycles. The van der Waals surface area contributed by atoms with Crippen LogP contribution < -0.4 is 4.67 Å². The van der Waals surface area contributed by atoms with Crippen LogP contribution in [-0.4, -0.2) is 14.1 Å². The van der Waals surface area contributed by atoms with Crippen molar-refractivity contribution in [3.8, 4) is 0 Å². The smallest absolute Gasteiger partial charge is 0.186 e.